The van der Waals surface area contributed by atoms with Gasteiger partial charge in [-0.25, -0.2) is 0 Å². The van der Waals surface area contributed by atoms with E-state index in [9.17, 15) is 9.90 Å². The third-order valence-electron chi connectivity index (χ3n) is 5.28. The molecular formula is C21H26N2O2. The third kappa shape index (κ3) is 3.32. The van der Waals surface area contributed by atoms with E-state index in [0.717, 1.165) is 17.7 Å². The molecule has 1 aliphatic rings. The molecular weight excluding hydrogens is 312 g/mol. The van der Waals surface area contributed by atoms with E-state index in [0.29, 0.717) is 13.1 Å². The maximum absolute atomic E-state index is 13.2. The second-order valence-electron chi connectivity index (χ2n) is 6.89. The molecule has 0 spiro atoms. The first-order valence-corrected chi connectivity index (χ1v) is 8.81. The van der Waals surface area contributed by atoms with Crippen molar-refractivity contribution in [2.24, 2.45) is 0 Å². The van der Waals surface area contributed by atoms with E-state index in [-0.39, 0.29) is 24.0 Å². The lowest BCUT2D eigenvalue weighted by atomic mass is 9.74. The number of hydrogen-bond acceptors (Lipinski definition) is 3. The zero-order valence-corrected chi connectivity index (χ0v) is 14.9. The molecule has 0 aliphatic carbocycles. The van der Waals surface area contributed by atoms with Crippen LogP contribution in [0.4, 0.5) is 0 Å². The number of aliphatic hydroxyl groups is 1. The standard InChI is InChI=1S/C21H26N2O2/c1-3-22(2)19(17-10-6-4-7-11-17)20(25)23-14-21(15-23,16-24)18-12-8-5-9-13-18/h4-13,19,24H,3,14-16H2,1-2H3. The molecule has 2 aromatic carbocycles. The summed E-state index contributed by atoms with van der Waals surface area (Å²) in [6.07, 6.45) is 0. The van der Waals surface area contributed by atoms with Crippen LogP contribution in [-0.2, 0) is 10.2 Å². The highest BCUT2D eigenvalue weighted by molar-refractivity contribution is 5.84. The van der Waals surface area contributed by atoms with Crippen molar-refractivity contribution in [3.63, 3.8) is 0 Å². The monoisotopic (exact) mass is 338 g/mol. The Morgan fingerprint density at radius 2 is 1.68 bits per heavy atom. The molecule has 1 fully saturated rings. The van der Waals surface area contributed by atoms with Gasteiger partial charge < -0.3 is 10.0 Å². The topological polar surface area (TPSA) is 43.8 Å². The lowest BCUT2D eigenvalue weighted by Gasteiger charge is -2.51. The fraction of sp³-hybridized carbons (Fsp3) is 0.381. The molecule has 1 amide bonds. The predicted molar refractivity (Wildman–Crippen MR) is 99.3 cm³/mol. The minimum Gasteiger partial charge on any atom is -0.395 e. The van der Waals surface area contributed by atoms with Crippen molar-refractivity contribution in [1.82, 2.24) is 9.80 Å². The summed E-state index contributed by atoms with van der Waals surface area (Å²) in [7, 11) is 1.98. The Morgan fingerprint density at radius 3 is 2.20 bits per heavy atom. The maximum Gasteiger partial charge on any atom is 0.244 e. The van der Waals surface area contributed by atoms with Gasteiger partial charge in [-0.2, -0.15) is 0 Å². The molecule has 0 aromatic heterocycles. The number of benzene rings is 2. The van der Waals surface area contributed by atoms with Gasteiger partial charge in [-0.05, 0) is 24.7 Å². The van der Waals surface area contributed by atoms with Crippen molar-refractivity contribution in [1.29, 1.82) is 0 Å². The molecule has 1 heterocycles. The van der Waals surface area contributed by atoms with Crippen LogP contribution in [0.3, 0.4) is 0 Å². The normalized spacial score (nSPS) is 17.2. The number of nitrogens with zero attached hydrogens (tertiary/aromatic N) is 2. The average Bonchev–Trinajstić information content (AvgIpc) is 2.63. The van der Waals surface area contributed by atoms with Crippen LogP contribution in [0.5, 0.6) is 0 Å². The van der Waals surface area contributed by atoms with Gasteiger partial charge in [0.15, 0.2) is 0 Å². The molecule has 1 unspecified atom stereocenters. The Hall–Kier alpha value is -2.17. The van der Waals surface area contributed by atoms with Gasteiger partial charge in [0, 0.05) is 13.1 Å². The predicted octanol–water partition coefficient (Wildman–Crippen LogP) is 2.45. The third-order valence-corrected chi connectivity index (χ3v) is 5.28. The number of hydrogen-bond donors (Lipinski definition) is 1. The Morgan fingerprint density at radius 1 is 1.12 bits per heavy atom. The molecule has 1 saturated heterocycles. The van der Waals surface area contributed by atoms with Crippen molar-refractivity contribution < 1.29 is 9.90 Å². The Labute approximate surface area is 149 Å². The van der Waals surface area contributed by atoms with Crippen molar-refractivity contribution in [2.45, 2.75) is 18.4 Å². The molecule has 132 valence electrons. The molecule has 3 rings (SSSR count). The van der Waals surface area contributed by atoms with Crippen molar-refractivity contribution in [3.05, 3.63) is 71.8 Å². The van der Waals surface area contributed by atoms with Gasteiger partial charge in [0.1, 0.15) is 6.04 Å². The van der Waals surface area contributed by atoms with Crippen molar-refractivity contribution >= 4 is 5.91 Å². The SMILES string of the molecule is CCN(C)C(C(=O)N1CC(CO)(c2ccccc2)C1)c1ccccc1. The highest BCUT2D eigenvalue weighted by Crippen LogP contribution is 2.36. The Kier molecular flexibility index (Phi) is 5.21. The lowest BCUT2D eigenvalue weighted by molar-refractivity contribution is -0.146. The molecule has 4 heteroatoms. The quantitative estimate of drug-likeness (QED) is 0.880. The van der Waals surface area contributed by atoms with E-state index in [1.807, 2.05) is 72.6 Å². The molecule has 1 atom stereocenters. The van der Waals surface area contributed by atoms with E-state index < -0.39 is 0 Å². The summed E-state index contributed by atoms with van der Waals surface area (Å²) in [6, 6.07) is 19.6. The Bertz CT molecular complexity index is 696. The fourth-order valence-corrected chi connectivity index (χ4v) is 3.58. The second kappa shape index (κ2) is 7.38. The first kappa shape index (κ1) is 17.6. The van der Waals surface area contributed by atoms with Crippen LogP contribution in [0.2, 0.25) is 0 Å². The summed E-state index contributed by atoms with van der Waals surface area (Å²) in [5.74, 6) is 0.107. The van der Waals surface area contributed by atoms with Gasteiger partial charge >= 0.3 is 0 Å². The van der Waals surface area contributed by atoms with Gasteiger partial charge in [-0.3, -0.25) is 9.69 Å². The van der Waals surface area contributed by atoms with Crippen molar-refractivity contribution in [3.8, 4) is 0 Å². The summed E-state index contributed by atoms with van der Waals surface area (Å²) < 4.78 is 0. The molecule has 1 N–H and O–H groups in total. The number of aliphatic hydroxyl groups excluding tert-OH is 1. The van der Waals surface area contributed by atoms with Gasteiger partial charge in [-0.15, -0.1) is 0 Å². The van der Waals surface area contributed by atoms with Crippen LogP contribution in [0.25, 0.3) is 0 Å². The summed E-state index contributed by atoms with van der Waals surface area (Å²) >= 11 is 0. The van der Waals surface area contributed by atoms with Crippen molar-refractivity contribution in [2.75, 3.05) is 33.3 Å². The van der Waals surface area contributed by atoms with E-state index in [1.54, 1.807) is 0 Å². The zero-order valence-electron chi connectivity index (χ0n) is 14.9. The first-order valence-electron chi connectivity index (χ1n) is 8.81. The molecule has 1 aliphatic heterocycles. The van der Waals surface area contributed by atoms with E-state index in [1.165, 1.54) is 0 Å². The van der Waals surface area contributed by atoms with E-state index >= 15 is 0 Å². The Balaban J connectivity index is 1.79. The van der Waals surface area contributed by atoms with Gasteiger partial charge in [-0.1, -0.05) is 67.6 Å². The maximum atomic E-state index is 13.2. The van der Waals surface area contributed by atoms with Crippen LogP contribution in [0, 0.1) is 0 Å². The zero-order chi connectivity index (χ0) is 17.9. The number of carbonyl (C=O) groups excluding carboxylic acids is 1. The minimum absolute atomic E-state index is 0.0560. The smallest absolute Gasteiger partial charge is 0.244 e. The number of amides is 1. The molecule has 4 nitrogen and oxygen atoms in total. The van der Waals surface area contributed by atoms with Gasteiger partial charge in [0.2, 0.25) is 5.91 Å². The number of likely N-dealkylation sites (tertiary alicyclic amines) is 1. The van der Waals surface area contributed by atoms with E-state index in [2.05, 4.69) is 11.8 Å². The minimum atomic E-state index is -0.330. The summed E-state index contributed by atoms with van der Waals surface area (Å²) in [6.45, 7) is 4.03. The lowest BCUT2D eigenvalue weighted by Crippen LogP contribution is -2.64. The fourth-order valence-electron chi connectivity index (χ4n) is 3.58. The van der Waals surface area contributed by atoms with Crippen LogP contribution < -0.4 is 0 Å². The molecule has 2 aromatic rings. The highest BCUT2D eigenvalue weighted by Gasteiger charge is 2.47. The number of carbonyl (C=O) groups is 1. The average molecular weight is 338 g/mol. The number of rotatable bonds is 6. The summed E-state index contributed by atoms with van der Waals surface area (Å²) in [4.78, 5) is 17.1. The molecule has 25 heavy (non-hydrogen) atoms. The molecule has 0 bridgehead atoms. The second-order valence-corrected chi connectivity index (χ2v) is 6.89. The van der Waals surface area contributed by atoms with Crippen LogP contribution in [-0.4, -0.2) is 54.1 Å². The van der Waals surface area contributed by atoms with Gasteiger partial charge in [0.05, 0.1) is 12.0 Å². The van der Waals surface area contributed by atoms with Crippen LogP contribution >= 0.6 is 0 Å². The van der Waals surface area contributed by atoms with E-state index in [4.69, 9.17) is 0 Å². The largest absolute Gasteiger partial charge is 0.395 e. The molecule has 0 radical (unpaired) electrons. The van der Waals surface area contributed by atoms with Gasteiger partial charge in [0.25, 0.3) is 0 Å². The first-order chi connectivity index (χ1) is 12.1. The number of likely N-dealkylation sites (N-methyl/N-ethyl adjacent to an activating group) is 1. The highest BCUT2D eigenvalue weighted by atomic mass is 16.3. The summed E-state index contributed by atoms with van der Waals surface area (Å²) in [5, 5.41) is 9.95. The molecule has 0 saturated carbocycles. The summed E-state index contributed by atoms with van der Waals surface area (Å²) in [5.41, 5.74) is 1.78. The van der Waals surface area contributed by atoms with Crippen LogP contribution in [0.15, 0.2) is 60.7 Å². The van der Waals surface area contributed by atoms with Crippen LogP contribution in [0.1, 0.15) is 24.1 Å².